The van der Waals surface area contributed by atoms with E-state index >= 15 is 0 Å². The topological polar surface area (TPSA) is 83.6 Å². The number of hydrogen-bond donors (Lipinski definition) is 2. The zero-order valence-corrected chi connectivity index (χ0v) is 10.1. The van der Waals surface area contributed by atoms with Crippen molar-refractivity contribution in [3.63, 3.8) is 0 Å². The highest BCUT2D eigenvalue weighted by molar-refractivity contribution is 7.86. The second-order valence-corrected chi connectivity index (χ2v) is 5.20. The molecule has 1 unspecified atom stereocenters. The fourth-order valence-corrected chi connectivity index (χ4v) is 2.07. The zero-order valence-electron chi connectivity index (χ0n) is 9.29. The monoisotopic (exact) mass is 244 g/mol. The Morgan fingerprint density at radius 1 is 1.38 bits per heavy atom. The summed E-state index contributed by atoms with van der Waals surface area (Å²) in [6, 6.07) is 6.82. The average molecular weight is 244 g/mol. The van der Waals surface area contributed by atoms with Gasteiger partial charge in [0.2, 0.25) is 0 Å². The van der Waals surface area contributed by atoms with E-state index in [0.29, 0.717) is 17.9 Å². The SMILES string of the molecule is CCN(c1ccc(N)cc1)C(C)S(=O)(=O)O. The van der Waals surface area contributed by atoms with Crippen molar-refractivity contribution in [1.82, 2.24) is 0 Å². The highest BCUT2D eigenvalue weighted by Gasteiger charge is 2.24. The van der Waals surface area contributed by atoms with Gasteiger partial charge < -0.3 is 10.6 Å². The van der Waals surface area contributed by atoms with Gasteiger partial charge in [0.1, 0.15) is 0 Å². The van der Waals surface area contributed by atoms with Crippen LogP contribution < -0.4 is 10.6 Å². The van der Waals surface area contributed by atoms with Gasteiger partial charge in [0.05, 0.1) is 0 Å². The lowest BCUT2D eigenvalue weighted by atomic mass is 10.2. The Balaban J connectivity index is 3.03. The summed E-state index contributed by atoms with van der Waals surface area (Å²) in [5, 5.41) is -0.971. The molecule has 0 heterocycles. The van der Waals surface area contributed by atoms with Crippen molar-refractivity contribution in [1.29, 1.82) is 0 Å². The summed E-state index contributed by atoms with van der Waals surface area (Å²) in [6.45, 7) is 3.73. The summed E-state index contributed by atoms with van der Waals surface area (Å²) in [4.78, 5) is 1.58. The Bertz CT molecular complexity index is 442. The van der Waals surface area contributed by atoms with Gasteiger partial charge in [0, 0.05) is 17.9 Å². The molecule has 1 aromatic carbocycles. The Morgan fingerprint density at radius 2 is 1.88 bits per heavy atom. The zero-order chi connectivity index (χ0) is 12.3. The molecular weight excluding hydrogens is 228 g/mol. The Kier molecular flexibility index (Phi) is 3.77. The molecule has 1 atom stereocenters. The quantitative estimate of drug-likeness (QED) is 0.616. The van der Waals surface area contributed by atoms with E-state index in [1.807, 2.05) is 6.92 Å². The van der Waals surface area contributed by atoms with Gasteiger partial charge in [-0.15, -0.1) is 0 Å². The highest BCUT2D eigenvalue weighted by Crippen LogP contribution is 2.20. The molecular formula is C10H16N2O3S. The van der Waals surface area contributed by atoms with Gasteiger partial charge in [-0.3, -0.25) is 4.55 Å². The Labute approximate surface area is 95.6 Å². The maximum atomic E-state index is 11.1. The normalized spacial score (nSPS) is 13.4. The third kappa shape index (κ3) is 2.86. The fourth-order valence-electron chi connectivity index (χ4n) is 1.48. The molecule has 5 nitrogen and oxygen atoms in total. The van der Waals surface area contributed by atoms with E-state index in [9.17, 15) is 8.42 Å². The van der Waals surface area contributed by atoms with Crippen molar-refractivity contribution in [3.8, 4) is 0 Å². The van der Waals surface area contributed by atoms with Gasteiger partial charge in [-0.2, -0.15) is 8.42 Å². The van der Waals surface area contributed by atoms with Crippen LogP contribution >= 0.6 is 0 Å². The molecule has 3 N–H and O–H groups in total. The van der Waals surface area contributed by atoms with Gasteiger partial charge in [0.25, 0.3) is 10.1 Å². The van der Waals surface area contributed by atoms with Gasteiger partial charge >= 0.3 is 0 Å². The third-order valence-electron chi connectivity index (χ3n) is 2.44. The minimum Gasteiger partial charge on any atom is -0.399 e. The van der Waals surface area contributed by atoms with E-state index in [-0.39, 0.29) is 0 Å². The van der Waals surface area contributed by atoms with Crippen molar-refractivity contribution in [3.05, 3.63) is 24.3 Å². The molecule has 1 aromatic rings. The third-order valence-corrected chi connectivity index (χ3v) is 3.55. The van der Waals surface area contributed by atoms with Crippen molar-refractivity contribution >= 4 is 21.5 Å². The van der Waals surface area contributed by atoms with Gasteiger partial charge in [-0.05, 0) is 38.1 Å². The van der Waals surface area contributed by atoms with Crippen LogP contribution in [-0.4, -0.2) is 24.9 Å². The minimum absolute atomic E-state index is 0.477. The number of rotatable bonds is 4. The largest absolute Gasteiger partial charge is 0.399 e. The van der Waals surface area contributed by atoms with Crippen LogP contribution in [0.5, 0.6) is 0 Å². The predicted octanol–water partition coefficient (Wildman–Crippen LogP) is 1.33. The molecule has 0 aliphatic carbocycles. The Hall–Kier alpha value is -1.27. The van der Waals surface area contributed by atoms with Crippen LogP contribution in [0.2, 0.25) is 0 Å². The van der Waals surface area contributed by atoms with E-state index < -0.39 is 15.5 Å². The summed E-state index contributed by atoms with van der Waals surface area (Å²) < 4.78 is 31.1. The summed E-state index contributed by atoms with van der Waals surface area (Å²) in [7, 11) is -4.08. The molecule has 0 aromatic heterocycles. The second-order valence-electron chi connectivity index (χ2n) is 3.49. The molecule has 0 fully saturated rings. The number of hydrogen-bond acceptors (Lipinski definition) is 4. The molecule has 0 radical (unpaired) electrons. The van der Waals surface area contributed by atoms with Crippen LogP contribution in [-0.2, 0) is 10.1 Å². The van der Waals surface area contributed by atoms with Crippen molar-refractivity contribution in [2.24, 2.45) is 0 Å². The lowest BCUT2D eigenvalue weighted by molar-refractivity contribution is 0.467. The van der Waals surface area contributed by atoms with Crippen LogP contribution in [0.1, 0.15) is 13.8 Å². The maximum absolute atomic E-state index is 11.1. The Morgan fingerprint density at radius 3 is 2.25 bits per heavy atom. The molecule has 0 saturated carbocycles. The van der Waals surface area contributed by atoms with Crippen LogP contribution in [0.3, 0.4) is 0 Å². The number of nitrogen functional groups attached to an aromatic ring is 1. The molecule has 0 aliphatic rings. The van der Waals surface area contributed by atoms with Crippen molar-refractivity contribution in [2.45, 2.75) is 19.2 Å². The van der Waals surface area contributed by atoms with E-state index in [2.05, 4.69) is 0 Å². The summed E-state index contributed by atoms with van der Waals surface area (Å²) >= 11 is 0. The van der Waals surface area contributed by atoms with Crippen molar-refractivity contribution in [2.75, 3.05) is 17.2 Å². The van der Waals surface area contributed by atoms with Gasteiger partial charge in [-0.25, -0.2) is 0 Å². The standard InChI is InChI=1S/C10H16N2O3S/c1-3-12(8(2)16(13,14)15)10-6-4-9(11)5-7-10/h4-8H,3,11H2,1-2H3,(H,13,14,15). The van der Waals surface area contributed by atoms with Crippen molar-refractivity contribution < 1.29 is 13.0 Å². The van der Waals surface area contributed by atoms with Crippen LogP contribution in [0.25, 0.3) is 0 Å². The lowest BCUT2D eigenvalue weighted by Crippen LogP contribution is -2.38. The number of benzene rings is 1. The molecule has 0 amide bonds. The van der Waals surface area contributed by atoms with Crippen LogP contribution in [0, 0.1) is 0 Å². The molecule has 6 heteroatoms. The molecule has 0 spiro atoms. The van der Waals surface area contributed by atoms with Crippen LogP contribution in [0.4, 0.5) is 11.4 Å². The van der Waals surface area contributed by atoms with Crippen LogP contribution in [0.15, 0.2) is 24.3 Å². The van der Waals surface area contributed by atoms with E-state index in [0.717, 1.165) is 0 Å². The average Bonchev–Trinajstić information content (AvgIpc) is 2.20. The highest BCUT2D eigenvalue weighted by atomic mass is 32.2. The maximum Gasteiger partial charge on any atom is 0.286 e. The summed E-state index contributed by atoms with van der Waals surface area (Å²) in [6.07, 6.45) is 0. The van der Waals surface area contributed by atoms with Gasteiger partial charge in [0.15, 0.2) is 5.37 Å². The summed E-state index contributed by atoms with van der Waals surface area (Å²) in [5.74, 6) is 0. The smallest absolute Gasteiger partial charge is 0.286 e. The van der Waals surface area contributed by atoms with E-state index in [1.54, 1.807) is 29.2 Å². The first kappa shape index (κ1) is 12.8. The fraction of sp³-hybridized carbons (Fsp3) is 0.400. The lowest BCUT2D eigenvalue weighted by Gasteiger charge is -2.27. The number of anilines is 2. The molecule has 0 aliphatic heterocycles. The van der Waals surface area contributed by atoms with E-state index in [1.165, 1.54) is 6.92 Å². The predicted molar refractivity (Wildman–Crippen MR) is 64.9 cm³/mol. The summed E-state index contributed by atoms with van der Waals surface area (Å²) in [5.41, 5.74) is 6.86. The first-order valence-electron chi connectivity index (χ1n) is 4.94. The number of nitrogens with zero attached hydrogens (tertiary/aromatic N) is 1. The second kappa shape index (κ2) is 4.71. The molecule has 0 bridgehead atoms. The first-order valence-corrected chi connectivity index (χ1v) is 6.45. The first-order chi connectivity index (χ1) is 7.36. The van der Waals surface area contributed by atoms with Gasteiger partial charge in [-0.1, -0.05) is 0 Å². The molecule has 1 rings (SSSR count). The molecule has 90 valence electrons. The molecule has 16 heavy (non-hydrogen) atoms. The number of nitrogens with two attached hydrogens (primary N) is 1. The molecule has 0 saturated heterocycles. The van der Waals surface area contributed by atoms with E-state index in [4.69, 9.17) is 10.3 Å². The minimum atomic E-state index is -4.08.